The minimum Gasteiger partial charge on any atom is -0.492 e. The SMILES string of the molecule is NC1(Cc2cccc(OCC3CC3)c2Br)CC1. The highest BCUT2D eigenvalue weighted by Gasteiger charge is 2.38. The Balaban J connectivity index is 1.71. The Morgan fingerprint density at radius 2 is 2.12 bits per heavy atom. The third-order valence-corrected chi connectivity index (χ3v) is 4.55. The van der Waals surface area contributed by atoms with Crippen molar-refractivity contribution in [1.82, 2.24) is 0 Å². The molecule has 2 N–H and O–H groups in total. The van der Waals surface area contributed by atoms with Crippen LogP contribution in [-0.4, -0.2) is 12.1 Å². The molecule has 0 bridgehead atoms. The monoisotopic (exact) mass is 295 g/mol. The number of ether oxygens (including phenoxy) is 1. The molecule has 0 spiro atoms. The van der Waals surface area contributed by atoms with Gasteiger partial charge in [-0.15, -0.1) is 0 Å². The van der Waals surface area contributed by atoms with E-state index in [0.29, 0.717) is 0 Å². The van der Waals surface area contributed by atoms with Crippen molar-refractivity contribution in [3.63, 3.8) is 0 Å². The molecule has 2 fully saturated rings. The zero-order valence-electron chi connectivity index (χ0n) is 9.92. The highest BCUT2D eigenvalue weighted by atomic mass is 79.9. The van der Waals surface area contributed by atoms with Crippen molar-refractivity contribution >= 4 is 15.9 Å². The summed E-state index contributed by atoms with van der Waals surface area (Å²) in [6.07, 6.45) is 5.89. The summed E-state index contributed by atoms with van der Waals surface area (Å²) >= 11 is 3.65. The van der Waals surface area contributed by atoms with Gasteiger partial charge in [0.1, 0.15) is 5.75 Å². The van der Waals surface area contributed by atoms with Crippen molar-refractivity contribution in [1.29, 1.82) is 0 Å². The van der Waals surface area contributed by atoms with Crippen LogP contribution in [0.3, 0.4) is 0 Å². The van der Waals surface area contributed by atoms with Gasteiger partial charge in [0.2, 0.25) is 0 Å². The van der Waals surface area contributed by atoms with Crippen LogP contribution in [0.1, 0.15) is 31.2 Å². The number of halogens is 1. The quantitative estimate of drug-likeness (QED) is 0.905. The van der Waals surface area contributed by atoms with Gasteiger partial charge < -0.3 is 10.5 Å². The molecular formula is C14H18BrNO. The molecule has 2 aliphatic carbocycles. The molecule has 0 atom stereocenters. The summed E-state index contributed by atoms with van der Waals surface area (Å²) in [6.45, 7) is 0.857. The summed E-state index contributed by atoms with van der Waals surface area (Å²) in [4.78, 5) is 0. The van der Waals surface area contributed by atoms with Crippen molar-refractivity contribution in [3.8, 4) is 5.75 Å². The van der Waals surface area contributed by atoms with E-state index in [1.165, 1.54) is 18.4 Å². The summed E-state index contributed by atoms with van der Waals surface area (Å²) in [5, 5.41) is 0. The Morgan fingerprint density at radius 3 is 2.76 bits per heavy atom. The molecule has 3 heteroatoms. The molecule has 92 valence electrons. The second-order valence-corrected chi connectivity index (χ2v) is 6.32. The standard InChI is InChI=1S/C14H18BrNO/c15-13-11(8-14(16)6-7-14)2-1-3-12(13)17-9-10-4-5-10/h1-3,10H,4-9,16H2. The first-order valence-electron chi connectivity index (χ1n) is 6.35. The van der Waals surface area contributed by atoms with E-state index in [4.69, 9.17) is 10.5 Å². The van der Waals surface area contributed by atoms with Crippen LogP contribution in [0.2, 0.25) is 0 Å². The van der Waals surface area contributed by atoms with Crippen LogP contribution < -0.4 is 10.5 Å². The van der Waals surface area contributed by atoms with Crippen LogP contribution >= 0.6 is 15.9 Å². The summed E-state index contributed by atoms with van der Waals surface area (Å²) in [5.74, 6) is 1.76. The fourth-order valence-electron chi connectivity index (χ4n) is 2.01. The molecule has 1 aromatic carbocycles. The number of benzene rings is 1. The highest BCUT2D eigenvalue weighted by molar-refractivity contribution is 9.10. The number of rotatable bonds is 5. The van der Waals surface area contributed by atoms with Gasteiger partial charge in [0.15, 0.2) is 0 Å². The predicted octanol–water partition coefficient (Wildman–Crippen LogP) is 3.27. The fraction of sp³-hybridized carbons (Fsp3) is 0.571. The molecule has 0 unspecified atom stereocenters. The largest absolute Gasteiger partial charge is 0.492 e. The van der Waals surface area contributed by atoms with Crippen molar-refractivity contribution in [3.05, 3.63) is 28.2 Å². The molecule has 0 amide bonds. The zero-order chi connectivity index (χ0) is 11.9. The van der Waals surface area contributed by atoms with E-state index in [-0.39, 0.29) is 5.54 Å². The Kier molecular flexibility index (Phi) is 2.91. The maximum atomic E-state index is 6.17. The van der Waals surface area contributed by atoms with Crippen LogP contribution in [0.4, 0.5) is 0 Å². The van der Waals surface area contributed by atoms with Gasteiger partial charge in [-0.2, -0.15) is 0 Å². The molecule has 2 aliphatic rings. The number of hydrogen-bond acceptors (Lipinski definition) is 2. The van der Waals surface area contributed by atoms with Crippen LogP contribution in [0, 0.1) is 5.92 Å². The van der Waals surface area contributed by atoms with Gasteiger partial charge in [0, 0.05) is 5.54 Å². The molecule has 0 radical (unpaired) electrons. The Bertz CT molecular complexity index is 424. The minimum atomic E-state index is 0.0532. The van der Waals surface area contributed by atoms with Crippen LogP contribution in [0.25, 0.3) is 0 Å². The molecule has 0 aliphatic heterocycles. The zero-order valence-corrected chi connectivity index (χ0v) is 11.5. The average molecular weight is 296 g/mol. The summed E-state index contributed by atoms with van der Waals surface area (Å²) in [7, 11) is 0. The summed E-state index contributed by atoms with van der Waals surface area (Å²) < 4.78 is 6.94. The molecule has 0 heterocycles. The second-order valence-electron chi connectivity index (χ2n) is 5.52. The molecule has 0 aromatic heterocycles. The van der Waals surface area contributed by atoms with Crippen LogP contribution in [-0.2, 0) is 6.42 Å². The summed E-state index contributed by atoms with van der Waals surface area (Å²) in [6, 6.07) is 6.24. The second kappa shape index (κ2) is 4.29. The molecular weight excluding hydrogens is 278 g/mol. The fourth-order valence-corrected chi connectivity index (χ4v) is 2.53. The minimum absolute atomic E-state index is 0.0532. The van der Waals surface area contributed by atoms with Crippen molar-refractivity contribution in [2.24, 2.45) is 11.7 Å². The Hall–Kier alpha value is -0.540. The predicted molar refractivity (Wildman–Crippen MR) is 72.2 cm³/mol. The van der Waals surface area contributed by atoms with E-state index >= 15 is 0 Å². The summed E-state index contributed by atoms with van der Waals surface area (Å²) in [5.41, 5.74) is 7.50. The first-order chi connectivity index (χ1) is 8.16. The molecule has 1 aromatic rings. The molecule has 0 saturated heterocycles. The van der Waals surface area contributed by atoms with E-state index in [1.54, 1.807) is 0 Å². The number of nitrogens with two attached hydrogens (primary N) is 1. The highest BCUT2D eigenvalue weighted by Crippen LogP contribution is 2.39. The lowest BCUT2D eigenvalue weighted by atomic mass is 10.0. The third kappa shape index (κ3) is 2.83. The first kappa shape index (κ1) is 11.5. The van der Waals surface area contributed by atoms with E-state index < -0.39 is 0 Å². The van der Waals surface area contributed by atoms with Gasteiger partial charge in [-0.05, 0) is 65.6 Å². The topological polar surface area (TPSA) is 35.2 Å². The van der Waals surface area contributed by atoms with Gasteiger partial charge in [-0.25, -0.2) is 0 Å². The Morgan fingerprint density at radius 1 is 1.35 bits per heavy atom. The van der Waals surface area contributed by atoms with Gasteiger partial charge in [-0.1, -0.05) is 12.1 Å². The molecule has 2 nitrogen and oxygen atoms in total. The lowest BCUT2D eigenvalue weighted by molar-refractivity contribution is 0.297. The smallest absolute Gasteiger partial charge is 0.133 e. The van der Waals surface area contributed by atoms with Crippen LogP contribution in [0.5, 0.6) is 5.75 Å². The third-order valence-electron chi connectivity index (χ3n) is 3.65. The molecule has 2 saturated carbocycles. The van der Waals surface area contributed by atoms with E-state index in [0.717, 1.165) is 42.0 Å². The van der Waals surface area contributed by atoms with E-state index in [9.17, 15) is 0 Å². The average Bonchev–Trinajstić information content (AvgIpc) is 3.19. The van der Waals surface area contributed by atoms with Gasteiger partial charge in [0.25, 0.3) is 0 Å². The van der Waals surface area contributed by atoms with E-state index in [1.807, 2.05) is 6.07 Å². The van der Waals surface area contributed by atoms with Gasteiger partial charge in [-0.3, -0.25) is 0 Å². The molecule has 17 heavy (non-hydrogen) atoms. The number of hydrogen-bond donors (Lipinski definition) is 1. The first-order valence-corrected chi connectivity index (χ1v) is 7.15. The maximum absolute atomic E-state index is 6.17. The van der Waals surface area contributed by atoms with Crippen molar-refractivity contribution in [2.75, 3.05) is 6.61 Å². The maximum Gasteiger partial charge on any atom is 0.133 e. The lowest BCUT2D eigenvalue weighted by Crippen LogP contribution is -2.24. The van der Waals surface area contributed by atoms with Crippen LogP contribution in [0.15, 0.2) is 22.7 Å². The van der Waals surface area contributed by atoms with E-state index in [2.05, 4.69) is 28.1 Å². The molecule has 3 rings (SSSR count). The van der Waals surface area contributed by atoms with Crippen molar-refractivity contribution < 1.29 is 4.74 Å². The van der Waals surface area contributed by atoms with Gasteiger partial charge >= 0.3 is 0 Å². The lowest BCUT2D eigenvalue weighted by Gasteiger charge is -2.14. The van der Waals surface area contributed by atoms with Gasteiger partial charge in [0.05, 0.1) is 11.1 Å². The normalized spacial score (nSPS) is 21.3. The van der Waals surface area contributed by atoms with Crippen molar-refractivity contribution in [2.45, 2.75) is 37.6 Å². The Labute approximate surface area is 111 Å².